The highest BCUT2D eigenvalue weighted by Crippen LogP contribution is 2.27. The molecule has 2 heterocycles. The van der Waals surface area contributed by atoms with Crippen LogP contribution >= 0.6 is 0 Å². The van der Waals surface area contributed by atoms with Gasteiger partial charge in [0.1, 0.15) is 5.82 Å². The van der Waals surface area contributed by atoms with Crippen molar-refractivity contribution in [3.05, 3.63) is 30.1 Å². The van der Waals surface area contributed by atoms with Crippen molar-refractivity contribution in [1.82, 2.24) is 25.3 Å². The molecule has 2 aromatic heterocycles. The first-order valence-electron chi connectivity index (χ1n) is 7.07. The predicted octanol–water partition coefficient (Wildman–Crippen LogP) is 0.909. The van der Waals surface area contributed by atoms with E-state index < -0.39 is 0 Å². The van der Waals surface area contributed by atoms with Crippen LogP contribution in [0.15, 0.2) is 24.4 Å². The van der Waals surface area contributed by atoms with E-state index in [4.69, 9.17) is 0 Å². The second-order valence-electron chi connectivity index (χ2n) is 5.28. The molecule has 1 fully saturated rings. The minimum atomic E-state index is -0.0181. The summed E-state index contributed by atoms with van der Waals surface area (Å²) in [5.74, 6) is 1.89. The summed E-state index contributed by atoms with van der Waals surface area (Å²) >= 11 is 0. The Morgan fingerprint density at radius 3 is 2.81 bits per heavy atom. The van der Waals surface area contributed by atoms with Gasteiger partial charge >= 0.3 is 0 Å². The van der Waals surface area contributed by atoms with E-state index in [0.29, 0.717) is 17.6 Å². The number of anilines is 1. The lowest BCUT2D eigenvalue weighted by Crippen LogP contribution is -2.31. The Morgan fingerprint density at radius 1 is 1.33 bits per heavy atom. The molecule has 2 aromatic rings. The van der Waals surface area contributed by atoms with Crippen LogP contribution in [0.1, 0.15) is 18.5 Å². The van der Waals surface area contributed by atoms with Gasteiger partial charge in [-0.25, -0.2) is 4.68 Å². The van der Waals surface area contributed by atoms with Crippen molar-refractivity contribution in [2.45, 2.75) is 19.8 Å². The van der Waals surface area contributed by atoms with E-state index in [1.165, 1.54) is 12.8 Å². The molecular weight excluding hydrogens is 268 g/mol. The van der Waals surface area contributed by atoms with Gasteiger partial charge in [-0.15, -0.1) is 10.2 Å². The lowest BCUT2D eigenvalue weighted by atomic mass is 10.4. The highest BCUT2D eigenvalue weighted by Gasteiger charge is 2.21. The quantitative estimate of drug-likeness (QED) is 0.824. The molecule has 7 nitrogen and oxygen atoms in total. The Morgan fingerprint density at radius 2 is 2.19 bits per heavy atom. The standard InChI is InChI=1S/C14H18N6O/c1-10-6-7-20(19-10)13-5-4-12(17-18-13)15-9-14(21)16-8-11-2-3-11/h4-7,11H,2-3,8-9H2,1H3,(H,15,17)(H,16,21). The molecule has 0 unspecified atom stereocenters. The highest BCUT2D eigenvalue weighted by atomic mass is 16.1. The first-order chi connectivity index (χ1) is 10.2. The van der Waals surface area contributed by atoms with Crippen molar-refractivity contribution < 1.29 is 4.79 Å². The summed E-state index contributed by atoms with van der Waals surface area (Å²) in [6.45, 7) is 2.91. The Bertz CT molecular complexity index is 617. The van der Waals surface area contributed by atoms with Gasteiger partial charge in [-0.1, -0.05) is 0 Å². The number of carbonyl (C=O) groups is 1. The van der Waals surface area contributed by atoms with Crippen LogP contribution in [-0.4, -0.2) is 39.0 Å². The Hall–Kier alpha value is -2.44. The summed E-state index contributed by atoms with van der Waals surface area (Å²) < 4.78 is 1.66. The van der Waals surface area contributed by atoms with Crippen LogP contribution < -0.4 is 10.6 Å². The zero-order chi connectivity index (χ0) is 14.7. The van der Waals surface area contributed by atoms with E-state index in [1.54, 1.807) is 10.7 Å². The molecule has 21 heavy (non-hydrogen) atoms. The van der Waals surface area contributed by atoms with Crippen LogP contribution in [-0.2, 0) is 4.79 Å². The van der Waals surface area contributed by atoms with Gasteiger partial charge in [-0.05, 0) is 43.9 Å². The fourth-order valence-electron chi connectivity index (χ4n) is 1.90. The third-order valence-corrected chi connectivity index (χ3v) is 3.32. The predicted molar refractivity (Wildman–Crippen MR) is 78.1 cm³/mol. The molecule has 7 heteroatoms. The molecule has 0 atom stereocenters. The molecule has 110 valence electrons. The molecule has 0 bridgehead atoms. The number of nitrogens with one attached hydrogen (secondary N) is 2. The fourth-order valence-corrected chi connectivity index (χ4v) is 1.90. The largest absolute Gasteiger partial charge is 0.360 e. The monoisotopic (exact) mass is 286 g/mol. The summed E-state index contributed by atoms with van der Waals surface area (Å²) in [5, 5.41) is 18.2. The molecule has 1 amide bonds. The van der Waals surface area contributed by atoms with Crippen LogP contribution in [0.25, 0.3) is 5.82 Å². The van der Waals surface area contributed by atoms with Crippen molar-refractivity contribution >= 4 is 11.7 Å². The molecule has 1 aliphatic carbocycles. The SMILES string of the molecule is Cc1ccn(-c2ccc(NCC(=O)NCC3CC3)nn2)n1. The first-order valence-corrected chi connectivity index (χ1v) is 7.07. The van der Waals surface area contributed by atoms with Crippen LogP contribution in [0.3, 0.4) is 0 Å². The van der Waals surface area contributed by atoms with Crippen molar-refractivity contribution in [3.63, 3.8) is 0 Å². The summed E-state index contributed by atoms with van der Waals surface area (Å²) in [6, 6.07) is 5.50. The Balaban J connectivity index is 1.50. The minimum absolute atomic E-state index is 0.0181. The summed E-state index contributed by atoms with van der Waals surface area (Å²) in [5.41, 5.74) is 0.923. The van der Waals surface area contributed by atoms with Crippen LogP contribution in [0.5, 0.6) is 0 Å². The number of aromatic nitrogens is 4. The zero-order valence-electron chi connectivity index (χ0n) is 11.9. The average Bonchev–Trinajstić information content (AvgIpc) is 3.23. The molecule has 0 radical (unpaired) electrons. The van der Waals surface area contributed by atoms with E-state index in [2.05, 4.69) is 25.9 Å². The second kappa shape index (κ2) is 5.90. The van der Waals surface area contributed by atoms with Gasteiger partial charge in [0, 0.05) is 12.7 Å². The molecule has 0 saturated heterocycles. The average molecular weight is 286 g/mol. The van der Waals surface area contributed by atoms with Crippen molar-refractivity contribution in [2.75, 3.05) is 18.4 Å². The van der Waals surface area contributed by atoms with Gasteiger partial charge in [0.25, 0.3) is 0 Å². The highest BCUT2D eigenvalue weighted by molar-refractivity contribution is 5.80. The summed E-state index contributed by atoms with van der Waals surface area (Å²) in [6.07, 6.45) is 4.29. The number of carbonyl (C=O) groups excluding carboxylic acids is 1. The molecule has 0 aromatic carbocycles. The first kappa shape index (κ1) is 13.5. The van der Waals surface area contributed by atoms with Gasteiger partial charge in [-0.3, -0.25) is 4.79 Å². The summed E-state index contributed by atoms with van der Waals surface area (Å²) in [4.78, 5) is 11.6. The number of amides is 1. The van der Waals surface area contributed by atoms with Gasteiger partial charge in [-0.2, -0.15) is 5.10 Å². The van der Waals surface area contributed by atoms with E-state index >= 15 is 0 Å². The molecule has 0 aliphatic heterocycles. The Kier molecular flexibility index (Phi) is 3.81. The third-order valence-electron chi connectivity index (χ3n) is 3.32. The maximum atomic E-state index is 11.6. The van der Waals surface area contributed by atoms with Gasteiger partial charge in [0.15, 0.2) is 5.82 Å². The van der Waals surface area contributed by atoms with Gasteiger partial charge in [0.05, 0.1) is 12.2 Å². The maximum absolute atomic E-state index is 11.6. The van der Waals surface area contributed by atoms with Crippen LogP contribution in [0, 0.1) is 12.8 Å². The topological polar surface area (TPSA) is 84.7 Å². The number of hydrogen-bond donors (Lipinski definition) is 2. The van der Waals surface area contributed by atoms with Crippen LogP contribution in [0.4, 0.5) is 5.82 Å². The molecule has 3 rings (SSSR count). The van der Waals surface area contributed by atoms with E-state index in [-0.39, 0.29) is 12.5 Å². The number of nitrogens with zero attached hydrogens (tertiary/aromatic N) is 4. The number of hydrogen-bond acceptors (Lipinski definition) is 5. The van der Waals surface area contributed by atoms with Crippen LogP contribution in [0.2, 0.25) is 0 Å². The van der Waals surface area contributed by atoms with Crippen molar-refractivity contribution in [3.8, 4) is 5.82 Å². The lowest BCUT2D eigenvalue weighted by molar-refractivity contribution is -0.119. The normalized spacial score (nSPS) is 14.0. The molecular formula is C14H18N6O. The second-order valence-corrected chi connectivity index (χ2v) is 5.28. The fraction of sp³-hybridized carbons (Fsp3) is 0.429. The van der Waals surface area contributed by atoms with Gasteiger partial charge in [0.2, 0.25) is 5.91 Å². The van der Waals surface area contributed by atoms with Crippen molar-refractivity contribution in [2.24, 2.45) is 5.92 Å². The number of rotatable bonds is 6. The molecule has 2 N–H and O–H groups in total. The molecule has 1 aliphatic rings. The smallest absolute Gasteiger partial charge is 0.239 e. The Labute approximate surface area is 122 Å². The summed E-state index contributed by atoms with van der Waals surface area (Å²) in [7, 11) is 0. The minimum Gasteiger partial charge on any atom is -0.360 e. The van der Waals surface area contributed by atoms with Crippen molar-refractivity contribution in [1.29, 1.82) is 0 Å². The number of aryl methyl sites for hydroxylation is 1. The van der Waals surface area contributed by atoms with E-state index in [1.807, 2.05) is 25.3 Å². The zero-order valence-corrected chi connectivity index (χ0v) is 11.9. The van der Waals surface area contributed by atoms with E-state index in [9.17, 15) is 4.79 Å². The lowest BCUT2D eigenvalue weighted by Gasteiger charge is -2.06. The maximum Gasteiger partial charge on any atom is 0.239 e. The van der Waals surface area contributed by atoms with Gasteiger partial charge < -0.3 is 10.6 Å². The third kappa shape index (κ3) is 3.77. The molecule has 1 saturated carbocycles. The van der Waals surface area contributed by atoms with E-state index in [0.717, 1.165) is 12.2 Å². The molecule has 0 spiro atoms.